The average molecular weight is 283 g/mol. The monoisotopic (exact) mass is 283 g/mol. The first-order valence-electron chi connectivity index (χ1n) is 6.64. The van der Waals surface area contributed by atoms with Crippen LogP contribution < -0.4 is 15.2 Å². The molecule has 1 aromatic carbocycles. The Morgan fingerprint density at radius 1 is 1.10 bits per heavy atom. The van der Waals surface area contributed by atoms with E-state index in [-0.39, 0.29) is 6.04 Å². The van der Waals surface area contributed by atoms with Gasteiger partial charge in [0, 0.05) is 23.4 Å². The molecule has 5 nitrogen and oxygen atoms in total. The van der Waals surface area contributed by atoms with Crippen LogP contribution in [0.5, 0.6) is 11.5 Å². The summed E-state index contributed by atoms with van der Waals surface area (Å²) in [6.07, 6.45) is 3.69. The van der Waals surface area contributed by atoms with Crippen LogP contribution in [0.2, 0.25) is 0 Å². The molecule has 108 valence electrons. The molecule has 0 saturated carbocycles. The first-order valence-corrected chi connectivity index (χ1v) is 6.64. The minimum Gasteiger partial charge on any atom is -0.497 e. The number of hydrogen-bond acceptors (Lipinski definition) is 4. The van der Waals surface area contributed by atoms with E-state index in [2.05, 4.69) is 5.10 Å². The molecule has 2 heterocycles. The van der Waals surface area contributed by atoms with E-state index in [9.17, 15) is 0 Å². The average Bonchev–Trinajstić information content (AvgIpc) is 2.97. The summed E-state index contributed by atoms with van der Waals surface area (Å²) in [7, 11) is 3.25. The predicted molar refractivity (Wildman–Crippen MR) is 80.8 cm³/mol. The first-order chi connectivity index (χ1) is 10.2. The Morgan fingerprint density at radius 2 is 1.95 bits per heavy atom. The van der Waals surface area contributed by atoms with E-state index in [1.807, 2.05) is 47.1 Å². The zero-order chi connectivity index (χ0) is 14.8. The third kappa shape index (κ3) is 2.32. The quantitative estimate of drug-likeness (QED) is 0.798. The number of ether oxygens (including phenoxy) is 2. The van der Waals surface area contributed by atoms with E-state index in [0.717, 1.165) is 22.4 Å². The maximum absolute atomic E-state index is 6.42. The van der Waals surface area contributed by atoms with Gasteiger partial charge < -0.3 is 15.2 Å². The molecule has 5 heteroatoms. The van der Waals surface area contributed by atoms with Crippen molar-refractivity contribution in [2.45, 2.75) is 6.04 Å². The molecular formula is C16H17N3O2. The fraction of sp³-hybridized carbons (Fsp3) is 0.188. The maximum atomic E-state index is 6.42. The lowest BCUT2D eigenvalue weighted by atomic mass is 9.99. The van der Waals surface area contributed by atoms with Crippen LogP contribution in [0.3, 0.4) is 0 Å². The van der Waals surface area contributed by atoms with E-state index in [4.69, 9.17) is 15.2 Å². The zero-order valence-electron chi connectivity index (χ0n) is 12.0. The smallest absolute Gasteiger partial charge is 0.127 e. The molecule has 2 N–H and O–H groups in total. The number of nitrogens with zero attached hydrogens (tertiary/aromatic N) is 2. The predicted octanol–water partition coefficient (Wildman–Crippen LogP) is 2.40. The molecule has 0 aliphatic rings. The topological polar surface area (TPSA) is 61.8 Å². The lowest BCUT2D eigenvalue weighted by molar-refractivity contribution is 0.390. The summed E-state index contributed by atoms with van der Waals surface area (Å²) >= 11 is 0. The molecule has 0 fully saturated rings. The van der Waals surface area contributed by atoms with Gasteiger partial charge in [-0.2, -0.15) is 5.10 Å². The lowest BCUT2D eigenvalue weighted by Gasteiger charge is -2.16. The molecule has 1 unspecified atom stereocenters. The van der Waals surface area contributed by atoms with Gasteiger partial charge in [-0.15, -0.1) is 0 Å². The van der Waals surface area contributed by atoms with Crippen LogP contribution in [0.4, 0.5) is 0 Å². The minimum absolute atomic E-state index is 0.314. The van der Waals surface area contributed by atoms with Gasteiger partial charge in [-0.1, -0.05) is 6.07 Å². The zero-order valence-corrected chi connectivity index (χ0v) is 12.0. The Hall–Kier alpha value is -2.53. The summed E-state index contributed by atoms with van der Waals surface area (Å²) in [5.74, 6) is 1.44. The largest absolute Gasteiger partial charge is 0.497 e. The molecule has 21 heavy (non-hydrogen) atoms. The molecule has 0 radical (unpaired) electrons. The maximum Gasteiger partial charge on any atom is 0.127 e. The number of hydrogen-bond donors (Lipinski definition) is 1. The minimum atomic E-state index is -0.314. The van der Waals surface area contributed by atoms with E-state index >= 15 is 0 Å². The van der Waals surface area contributed by atoms with Crippen LogP contribution in [0.15, 0.2) is 48.8 Å². The van der Waals surface area contributed by atoms with Gasteiger partial charge in [0.2, 0.25) is 0 Å². The highest BCUT2D eigenvalue weighted by Crippen LogP contribution is 2.32. The molecular weight excluding hydrogens is 266 g/mol. The number of pyridine rings is 1. The molecule has 1 atom stereocenters. The molecule has 0 saturated heterocycles. The van der Waals surface area contributed by atoms with E-state index < -0.39 is 0 Å². The Kier molecular flexibility index (Phi) is 3.50. The van der Waals surface area contributed by atoms with Gasteiger partial charge in [-0.05, 0) is 24.3 Å². The van der Waals surface area contributed by atoms with Gasteiger partial charge in [0.1, 0.15) is 11.5 Å². The van der Waals surface area contributed by atoms with Crippen molar-refractivity contribution < 1.29 is 9.47 Å². The van der Waals surface area contributed by atoms with Crippen molar-refractivity contribution in [1.82, 2.24) is 9.61 Å². The van der Waals surface area contributed by atoms with Gasteiger partial charge in [0.15, 0.2) is 0 Å². The van der Waals surface area contributed by atoms with E-state index in [1.165, 1.54) is 0 Å². The Morgan fingerprint density at radius 3 is 2.71 bits per heavy atom. The normalized spacial score (nSPS) is 12.3. The van der Waals surface area contributed by atoms with Crippen LogP contribution in [0.25, 0.3) is 5.52 Å². The van der Waals surface area contributed by atoms with Gasteiger partial charge in [-0.3, -0.25) is 0 Å². The van der Waals surface area contributed by atoms with Crippen molar-refractivity contribution in [3.05, 3.63) is 59.9 Å². The fourth-order valence-electron chi connectivity index (χ4n) is 2.44. The number of methoxy groups -OCH3 is 2. The van der Waals surface area contributed by atoms with Gasteiger partial charge in [0.25, 0.3) is 0 Å². The van der Waals surface area contributed by atoms with Gasteiger partial charge in [0.05, 0.1) is 32.0 Å². The highest BCUT2D eigenvalue weighted by Gasteiger charge is 2.18. The van der Waals surface area contributed by atoms with Crippen molar-refractivity contribution in [1.29, 1.82) is 0 Å². The highest BCUT2D eigenvalue weighted by molar-refractivity contribution is 5.58. The molecule has 0 aliphatic carbocycles. The first kappa shape index (κ1) is 13.5. The van der Waals surface area contributed by atoms with Crippen LogP contribution in [0.1, 0.15) is 17.2 Å². The second-order valence-electron chi connectivity index (χ2n) is 4.72. The molecule has 0 aliphatic heterocycles. The SMILES string of the molecule is COc1ccc(C(N)c2cnn3ccccc23)c(OC)c1. The fourth-order valence-corrected chi connectivity index (χ4v) is 2.44. The van der Waals surface area contributed by atoms with Crippen LogP contribution in [0, 0.1) is 0 Å². The van der Waals surface area contributed by atoms with Crippen molar-refractivity contribution in [2.24, 2.45) is 5.73 Å². The number of rotatable bonds is 4. The van der Waals surface area contributed by atoms with E-state index in [0.29, 0.717) is 5.75 Å². The van der Waals surface area contributed by atoms with Crippen molar-refractivity contribution in [3.63, 3.8) is 0 Å². The van der Waals surface area contributed by atoms with Gasteiger partial charge in [-0.25, -0.2) is 4.52 Å². The summed E-state index contributed by atoms with van der Waals surface area (Å²) in [6.45, 7) is 0. The lowest BCUT2D eigenvalue weighted by Crippen LogP contribution is -2.13. The number of aromatic nitrogens is 2. The molecule has 2 aromatic heterocycles. The molecule has 0 amide bonds. The summed E-state index contributed by atoms with van der Waals surface area (Å²) in [5.41, 5.74) is 9.27. The highest BCUT2D eigenvalue weighted by atomic mass is 16.5. The Bertz CT molecular complexity index is 767. The Balaban J connectivity index is 2.07. The third-order valence-corrected chi connectivity index (χ3v) is 3.57. The van der Waals surface area contributed by atoms with Crippen LogP contribution in [-0.4, -0.2) is 23.8 Å². The van der Waals surface area contributed by atoms with Crippen molar-refractivity contribution in [3.8, 4) is 11.5 Å². The standard InChI is InChI=1S/C16H17N3O2/c1-20-11-6-7-12(15(9-11)21-2)16(17)13-10-18-19-8-4-3-5-14(13)19/h3-10,16H,17H2,1-2H3. The van der Waals surface area contributed by atoms with Crippen LogP contribution in [-0.2, 0) is 0 Å². The molecule has 0 bridgehead atoms. The summed E-state index contributed by atoms with van der Waals surface area (Å²) in [5, 5.41) is 4.33. The van der Waals surface area contributed by atoms with Crippen molar-refractivity contribution in [2.75, 3.05) is 14.2 Å². The molecule has 3 rings (SSSR count). The van der Waals surface area contributed by atoms with Crippen molar-refractivity contribution >= 4 is 5.52 Å². The number of benzene rings is 1. The third-order valence-electron chi connectivity index (χ3n) is 3.57. The summed E-state index contributed by atoms with van der Waals surface area (Å²) in [6, 6.07) is 11.2. The number of fused-ring (bicyclic) bond motifs is 1. The second kappa shape index (κ2) is 5.46. The second-order valence-corrected chi connectivity index (χ2v) is 4.72. The van der Waals surface area contributed by atoms with Crippen LogP contribution >= 0.6 is 0 Å². The van der Waals surface area contributed by atoms with E-state index in [1.54, 1.807) is 20.4 Å². The van der Waals surface area contributed by atoms with Gasteiger partial charge >= 0.3 is 0 Å². The summed E-state index contributed by atoms with van der Waals surface area (Å²) < 4.78 is 12.5. The summed E-state index contributed by atoms with van der Waals surface area (Å²) in [4.78, 5) is 0. The Labute approximate surface area is 122 Å². The molecule has 3 aromatic rings. The number of nitrogens with two attached hydrogens (primary N) is 1. The molecule has 0 spiro atoms.